The first-order valence-corrected chi connectivity index (χ1v) is 16.5. The number of alkyl halides is 1. The van der Waals surface area contributed by atoms with E-state index >= 15 is 0 Å². The van der Waals surface area contributed by atoms with E-state index in [1.54, 1.807) is 0 Å². The molecule has 2 heterocycles. The minimum absolute atomic E-state index is 0.0145. The standard InChI is InChI=1S/C31H47ClN2O3/c32-23-10-9-21-16-25-31(36)12-11-24(33-29(35)22-8-7-19-3-1-2-4-20(19)15-22)28-30(31,26(21)27(23)37-28)13-14-34(25)17-18-5-6-18/h18-28,36H,1-17H2,(H,33,35)/t19?,20?,21?,22?,23?,24-,25?,26?,27?,28+,30+,31-/m1/s1. The molecule has 6 saturated carbocycles. The van der Waals surface area contributed by atoms with E-state index in [1.807, 2.05) is 0 Å². The molecule has 206 valence electrons. The highest BCUT2D eigenvalue weighted by molar-refractivity contribution is 6.21. The molecule has 6 aliphatic carbocycles. The smallest absolute Gasteiger partial charge is 0.223 e. The zero-order valence-electron chi connectivity index (χ0n) is 22.5. The van der Waals surface area contributed by atoms with Gasteiger partial charge in [-0.1, -0.05) is 25.7 Å². The van der Waals surface area contributed by atoms with Crippen molar-refractivity contribution in [3.63, 3.8) is 0 Å². The summed E-state index contributed by atoms with van der Waals surface area (Å²) in [5.74, 6) is 3.82. The van der Waals surface area contributed by atoms with Crippen LogP contribution >= 0.6 is 11.6 Å². The Labute approximate surface area is 227 Å². The Morgan fingerprint density at radius 3 is 2.59 bits per heavy atom. The van der Waals surface area contributed by atoms with Crippen LogP contribution in [0.15, 0.2) is 0 Å². The maximum absolute atomic E-state index is 13.7. The fraction of sp³-hybridized carbons (Fsp3) is 0.968. The van der Waals surface area contributed by atoms with Gasteiger partial charge in [0.05, 0.1) is 29.2 Å². The summed E-state index contributed by atoms with van der Waals surface area (Å²) >= 11 is 6.98. The Kier molecular flexibility index (Phi) is 5.82. The average molecular weight is 531 g/mol. The van der Waals surface area contributed by atoms with Gasteiger partial charge in [0.15, 0.2) is 0 Å². The third-order valence-corrected chi connectivity index (χ3v) is 13.7. The molecule has 37 heavy (non-hydrogen) atoms. The van der Waals surface area contributed by atoms with Crippen LogP contribution in [0, 0.1) is 40.9 Å². The summed E-state index contributed by atoms with van der Waals surface area (Å²) in [5, 5.41) is 16.3. The average Bonchev–Trinajstić information content (AvgIpc) is 3.65. The van der Waals surface area contributed by atoms with Crippen LogP contribution in [0.2, 0.25) is 0 Å². The van der Waals surface area contributed by atoms with Crippen molar-refractivity contribution < 1.29 is 14.6 Å². The number of aliphatic hydroxyl groups is 1. The van der Waals surface area contributed by atoms with Crippen molar-refractivity contribution in [2.24, 2.45) is 40.9 Å². The number of halogens is 1. The molecule has 2 aliphatic heterocycles. The number of hydrogen-bond acceptors (Lipinski definition) is 4. The highest BCUT2D eigenvalue weighted by Crippen LogP contribution is 2.70. The van der Waals surface area contributed by atoms with Gasteiger partial charge in [-0.15, -0.1) is 11.6 Å². The fourth-order valence-electron chi connectivity index (χ4n) is 11.4. The Balaban J connectivity index is 1.07. The summed E-state index contributed by atoms with van der Waals surface area (Å²) in [7, 11) is 0. The number of likely N-dealkylation sites (tertiary alicyclic amines) is 1. The van der Waals surface area contributed by atoms with Crippen molar-refractivity contribution in [2.45, 2.75) is 132 Å². The molecule has 8 unspecified atom stereocenters. The van der Waals surface area contributed by atoms with Crippen LogP contribution in [0.5, 0.6) is 0 Å². The van der Waals surface area contributed by atoms with E-state index in [9.17, 15) is 9.90 Å². The van der Waals surface area contributed by atoms with Crippen LogP contribution < -0.4 is 5.32 Å². The minimum atomic E-state index is -0.712. The Morgan fingerprint density at radius 2 is 1.76 bits per heavy atom. The van der Waals surface area contributed by atoms with Gasteiger partial charge in [-0.3, -0.25) is 9.69 Å². The lowest BCUT2D eigenvalue weighted by atomic mass is 9.42. The van der Waals surface area contributed by atoms with E-state index < -0.39 is 5.60 Å². The molecule has 0 aromatic heterocycles. The molecule has 8 fully saturated rings. The number of hydrogen-bond donors (Lipinski definition) is 2. The van der Waals surface area contributed by atoms with Gasteiger partial charge in [-0.25, -0.2) is 0 Å². The lowest BCUT2D eigenvalue weighted by Crippen LogP contribution is -2.78. The zero-order chi connectivity index (χ0) is 24.9. The normalized spacial score (nSPS) is 54.8. The van der Waals surface area contributed by atoms with Crippen LogP contribution in [0.3, 0.4) is 0 Å². The van der Waals surface area contributed by atoms with E-state index in [0.29, 0.717) is 11.8 Å². The number of amides is 1. The van der Waals surface area contributed by atoms with Crippen molar-refractivity contribution in [3.8, 4) is 0 Å². The summed E-state index contributed by atoms with van der Waals surface area (Å²) in [4.78, 5) is 16.4. The van der Waals surface area contributed by atoms with Gasteiger partial charge in [0, 0.05) is 29.8 Å². The maximum Gasteiger partial charge on any atom is 0.223 e. The zero-order valence-corrected chi connectivity index (χ0v) is 23.2. The second-order valence-electron chi connectivity index (χ2n) is 14.8. The number of ether oxygens (including phenoxy) is 1. The molecule has 0 aromatic carbocycles. The lowest BCUT2D eigenvalue weighted by Gasteiger charge is -2.68. The third kappa shape index (κ3) is 3.55. The first-order valence-electron chi connectivity index (χ1n) is 16.0. The van der Waals surface area contributed by atoms with E-state index in [1.165, 1.54) is 51.4 Å². The van der Waals surface area contributed by atoms with Gasteiger partial charge in [0.2, 0.25) is 5.91 Å². The molecule has 0 radical (unpaired) electrons. The van der Waals surface area contributed by atoms with Crippen molar-refractivity contribution in [1.82, 2.24) is 10.2 Å². The molecule has 5 nitrogen and oxygen atoms in total. The van der Waals surface area contributed by atoms with Gasteiger partial charge in [-0.2, -0.15) is 0 Å². The van der Waals surface area contributed by atoms with E-state index in [0.717, 1.165) is 75.8 Å². The van der Waals surface area contributed by atoms with Crippen molar-refractivity contribution in [3.05, 3.63) is 0 Å². The molecule has 8 aliphatic rings. The minimum Gasteiger partial charge on any atom is -0.388 e. The molecule has 8 rings (SSSR count). The Morgan fingerprint density at radius 1 is 0.946 bits per heavy atom. The third-order valence-electron chi connectivity index (χ3n) is 13.2. The topological polar surface area (TPSA) is 61.8 Å². The Hall–Kier alpha value is -0.360. The number of rotatable bonds is 4. The van der Waals surface area contributed by atoms with Gasteiger partial charge < -0.3 is 15.2 Å². The molecule has 6 heteroatoms. The lowest BCUT2D eigenvalue weighted by molar-refractivity contribution is -0.259. The van der Waals surface area contributed by atoms with Crippen LogP contribution in [-0.4, -0.2) is 64.3 Å². The van der Waals surface area contributed by atoms with Gasteiger partial charge in [-0.05, 0) is 101 Å². The Bertz CT molecular complexity index is 928. The monoisotopic (exact) mass is 530 g/mol. The number of carbonyl (C=O) groups excluding carboxylic acids is 1. The predicted molar refractivity (Wildman–Crippen MR) is 143 cm³/mol. The summed E-state index contributed by atoms with van der Waals surface area (Å²) in [6.07, 6.45) is 17.4. The molecule has 1 spiro atoms. The summed E-state index contributed by atoms with van der Waals surface area (Å²) in [5.41, 5.74) is -0.966. The number of fused-ring (bicyclic) bond motifs is 1. The van der Waals surface area contributed by atoms with Crippen LogP contribution in [-0.2, 0) is 9.53 Å². The molecular formula is C31H47ClN2O3. The number of nitrogens with one attached hydrogen (secondary N) is 1. The second kappa shape index (κ2) is 8.82. The quantitative estimate of drug-likeness (QED) is 0.509. The maximum atomic E-state index is 13.7. The van der Waals surface area contributed by atoms with Crippen molar-refractivity contribution >= 4 is 17.5 Å². The highest BCUT2D eigenvalue weighted by atomic mass is 35.5. The first-order chi connectivity index (χ1) is 18.0. The number of carbonyl (C=O) groups is 1. The van der Waals surface area contributed by atoms with Crippen molar-refractivity contribution in [1.29, 1.82) is 0 Å². The van der Waals surface area contributed by atoms with E-state index in [2.05, 4.69) is 10.2 Å². The van der Waals surface area contributed by atoms with Crippen LogP contribution in [0.25, 0.3) is 0 Å². The van der Waals surface area contributed by atoms with Gasteiger partial charge >= 0.3 is 0 Å². The van der Waals surface area contributed by atoms with Crippen molar-refractivity contribution in [2.75, 3.05) is 13.1 Å². The van der Waals surface area contributed by atoms with Crippen LogP contribution in [0.4, 0.5) is 0 Å². The molecular weight excluding hydrogens is 484 g/mol. The summed E-state index contributed by atoms with van der Waals surface area (Å²) in [6, 6.07) is 0.263. The first kappa shape index (κ1) is 24.4. The molecule has 12 atom stereocenters. The van der Waals surface area contributed by atoms with E-state index in [-0.39, 0.29) is 46.9 Å². The van der Waals surface area contributed by atoms with Gasteiger partial charge in [0.1, 0.15) is 0 Å². The molecule has 2 bridgehead atoms. The largest absolute Gasteiger partial charge is 0.388 e. The molecule has 0 aromatic rings. The highest BCUT2D eigenvalue weighted by Gasteiger charge is 2.77. The fourth-order valence-corrected chi connectivity index (χ4v) is 11.8. The predicted octanol–water partition coefficient (Wildman–Crippen LogP) is 4.88. The van der Waals surface area contributed by atoms with Gasteiger partial charge in [0.25, 0.3) is 0 Å². The summed E-state index contributed by atoms with van der Waals surface area (Å²) < 4.78 is 6.99. The molecule has 2 saturated heterocycles. The van der Waals surface area contributed by atoms with E-state index in [4.69, 9.17) is 16.3 Å². The molecule has 1 amide bonds. The molecule has 2 N–H and O–H groups in total. The SMILES string of the molecule is O=C(N[C@@H]1CC[C@@]2(O)C3CC4CCC(Cl)C5O[C@@H]1[C@]2(CCN3CC1CC1)C45)C1CCC2CCCCC2C1. The second-order valence-corrected chi connectivity index (χ2v) is 15.3. The number of piperidine rings is 1. The van der Waals surface area contributed by atoms with Crippen LogP contribution in [0.1, 0.15) is 96.3 Å². The number of nitrogens with zero attached hydrogens (tertiary/aromatic N) is 1. The summed E-state index contributed by atoms with van der Waals surface area (Å²) in [6.45, 7) is 2.23.